The molecule has 0 aliphatic carbocycles. The van der Waals surface area contributed by atoms with Gasteiger partial charge in [0, 0.05) is 9.99 Å². The third-order valence-corrected chi connectivity index (χ3v) is 3.99. The Kier molecular flexibility index (Phi) is 3.77. The van der Waals surface area contributed by atoms with Crippen LogP contribution in [0.2, 0.25) is 0 Å². The van der Waals surface area contributed by atoms with Crippen LogP contribution < -0.4 is 0 Å². The van der Waals surface area contributed by atoms with Gasteiger partial charge in [-0.1, -0.05) is 18.2 Å². The molecule has 1 unspecified atom stereocenters. The van der Waals surface area contributed by atoms with E-state index in [4.69, 9.17) is 0 Å². The van der Waals surface area contributed by atoms with Gasteiger partial charge in [0.1, 0.15) is 0 Å². The first-order valence-electron chi connectivity index (χ1n) is 4.71. The average Bonchev–Trinajstić information content (AvgIpc) is 2.71. The zero-order valence-electron chi connectivity index (χ0n) is 8.06. The molecule has 1 heterocycles. The Hall–Kier alpha value is -0.390. The van der Waals surface area contributed by atoms with Gasteiger partial charge >= 0.3 is 0 Å². The second-order valence-electron chi connectivity index (χ2n) is 3.37. The molecule has 0 bridgehead atoms. The van der Waals surface area contributed by atoms with Crippen molar-refractivity contribution in [3.8, 4) is 0 Å². The molecule has 1 aromatic heterocycles. The molecular weight excluding hydrogens is 319 g/mol. The van der Waals surface area contributed by atoms with Crippen LogP contribution in [0, 0.1) is 3.57 Å². The second-order valence-corrected chi connectivity index (χ2v) is 5.32. The maximum Gasteiger partial charge on any atom is 0.0840 e. The lowest BCUT2D eigenvalue weighted by atomic mass is 10.0. The zero-order chi connectivity index (χ0) is 10.7. The Morgan fingerprint density at radius 3 is 2.73 bits per heavy atom. The van der Waals surface area contributed by atoms with E-state index in [0.29, 0.717) is 6.42 Å². The van der Waals surface area contributed by atoms with Crippen molar-refractivity contribution < 1.29 is 5.11 Å². The standard InChI is InChI=1S/C12H11IOS/c13-11-4-2-1-3-10(11)12(14)7-9-5-6-15-8-9/h1-6,8,12,14H,7H2. The Morgan fingerprint density at radius 1 is 1.27 bits per heavy atom. The van der Waals surface area contributed by atoms with Gasteiger partial charge in [0.2, 0.25) is 0 Å². The lowest BCUT2D eigenvalue weighted by Gasteiger charge is -2.11. The van der Waals surface area contributed by atoms with Crippen LogP contribution in [0.25, 0.3) is 0 Å². The highest BCUT2D eigenvalue weighted by Crippen LogP contribution is 2.23. The molecule has 15 heavy (non-hydrogen) atoms. The highest BCUT2D eigenvalue weighted by molar-refractivity contribution is 14.1. The van der Waals surface area contributed by atoms with Crippen LogP contribution in [-0.2, 0) is 6.42 Å². The SMILES string of the molecule is OC(Cc1ccsc1)c1ccccc1I. The van der Waals surface area contributed by atoms with Crippen molar-refractivity contribution in [3.63, 3.8) is 0 Å². The zero-order valence-corrected chi connectivity index (χ0v) is 11.0. The van der Waals surface area contributed by atoms with Gasteiger partial charge in [-0.15, -0.1) is 0 Å². The van der Waals surface area contributed by atoms with Crippen molar-refractivity contribution in [1.29, 1.82) is 0 Å². The first-order valence-corrected chi connectivity index (χ1v) is 6.73. The van der Waals surface area contributed by atoms with Crippen molar-refractivity contribution >= 4 is 33.9 Å². The molecule has 2 rings (SSSR count). The minimum atomic E-state index is -0.396. The molecule has 0 amide bonds. The van der Waals surface area contributed by atoms with Gasteiger partial charge in [-0.25, -0.2) is 0 Å². The first-order chi connectivity index (χ1) is 7.27. The molecule has 3 heteroatoms. The van der Waals surface area contributed by atoms with Crippen LogP contribution in [0.4, 0.5) is 0 Å². The molecule has 1 nitrogen and oxygen atoms in total. The predicted molar refractivity (Wildman–Crippen MR) is 72.1 cm³/mol. The molecule has 78 valence electrons. The van der Waals surface area contributed by atoms with E-state index >= 15 is 0 Å². The largest absolute Gasteiger partial charge is 0.388 e. The summed E-state index contributed by atoms with van der Waals surface area (Å²) in [6, 6.07) is 10.0. The Morgan fingerprint density at radius 2 is 2.07 bits per heavy atom. The van der Waals surface area contributed by atoms with Crippen LogP contribution in [-0.4, -0.2) is 5.11 Å². The van der Waals surface area contributed by atoms with Crippen LogP contribution in [0.5, 0.6) is 0 Å². The van der Waals surface area contributed by atoms with E-state index in [0.717, 1.165) is 9.13 Å². The van der Waals surface area contributed by atoms with Crippen molar-refractivity contribution in [2.75, 3.05) is 0 Å². The molecule has 1 atom stereocenters. The number of benzene rings is 1. The number of hydrogen-bond donors (Lipinski definition) is 1. The molecule has 0 spiro atoms. The normalized spacial score (nSPS) is 12.7. The minimum Gasteiger partial charge on any atom is -0.388 e. The van der Waals surface area contributed by atoms with Crippen LogP contribution in [0.1, 0.15) is 17.2 Å². The molecule has 1 N–H and O–H groups in total. The summed E-state index contributed by atoms with van der Waals surface area (Å²) in [6.07, 6.45) is 0.302. The van der Waals surface area contributed by atoms with Crippen molar-refractivity contribution in [3.05, 3.63) is 55.8 Å². The minimum absolute atomic E-state index is 0.396. The second kappa shape index (κ2) is 5.09. The van der Waals surface area contributed by atoms with Gasteiger partial charge in [-0.2, -0.15) is 11.3 Å². The third-order valence-electron chi connectivity index (χ3n) is 2.27. The van der Waals surface area contributed by atoms with Crippen molar-refractivity contribution in [1.82, 2.24) is 0 Å². The van der Waals surface area contributed by atoms with Crippen LogP contribution in [0.15, 0.2) is 41.1 Å². The van der Waals surface area contributed by atoms with E-state index in [1.165, 1.54) is 5.56 Å². The maximum atomic E-state index is 10.1. The fourth-order valence-corrected chi connectivity index (χ4v) is 2.92. The average molecular weight is 330 g/mol. The monoisotopic (exact) mass is 330 g/mol. The van der Waals surface area contributed by atoms with E-state index in [1.54, 1.807) is 11.3 Å². The van der Waals surface area contributed by atoms with Crippen LogP contribution >= 0.6 is 33.9 Å². The smallest absolute Gasteiger partial charge is 0.0840 e. The molecule has 0 radical (unpaired) electrons. The van der Waals surface area contributed by atoms with Crippen molar-refractivity contribution in [2.24, 2.45) is 0 Å². The molecule has 1 aromatic carbocycles. The Bertz CT molecular complexity index is 425. The molecule has 0 saturated carbocycles. The topological polar surface area (TPSA) is 20.2 Å². The molecular formula is C12H11IOS. The van der Waals surface area contributed by atoms with Gasteiger partial charge in [0.25, 0.3) is 0 Å². The fourth-order valence-electron chi connectivity index (χ4n) is 1.49. The van der Waals surface area contributed by atoms with Crippen molar-refractivity contribution in [2.45, 2.75) is 12.5 Å². The number of halogens is 1. The number of rotatable bonds is 3. The molecule has 0 fully saturated rings. The van der Waals surface area contributed by atoms with Gasteiger partial charge in [-0.05, 0) is 56.6 Å². The quantitative estimate of drug-likeness (QED) is 0.852. The Balaban J connectivity index is 2.15. The third kappa shape index (κ3) is 2.80. The van der Waals surface area contributed by atoms with Gasteiger partial charge in [0.05, 0.1) is 6.10 Å². The summed E-state index contributed by atoms with van der Waals surface area (Å²) in [5.41, 5.74) is 2.22. The lowest BCUT2D eigenvalue weighted by Crippen LogP contribution is -2.02. The molecule has 0 saturated heterocycles. The summed E-state index contributed by atoms with van der Waals surface area (Å²) in [5, 5.41) is 14.2. The van der Waals surface area contributed by atoms with E-state index in [1.807, 2.05) is 29.6 Å². The first kappa shape index (κ1) is 11.1. The highest BCUT2D eigenvalue weighted by atomic mass is 127. The summed E-state index contributed by atoms with van der Waals surface area (Å²) in [6.45, 7) is 0. The van der Waals surface area contributed by atoms with Gasteiger partial charge in [-0.3, -0.25) is 0 Å². The maximum absolute atomic E-state index is 10.1. The number of aliphatic hydroxyl groups is 1. The number of aliphatic hydroxyl groups excluding tert-OH is 1. The molecule has 0 aliphatic rings. The van der Waals surface area contributed by atoms with Gasteiger partial charge in [0.15, 0.2) is 0 Å². The summed E-state index contributed by atoms with van der Waals surface area (Å²) < 4.78 is 1.12. The highest BCUT2D eigenvalue weighted by Gasteiger charge is 2.11. The summed E-state index contributed by atoms with van der Waals surface area (Å²) in [5.74, 6) is 0. The fraction of sp³-hybridized carbons (Fsp3) is 0.167. The summed E-state index contributed by atoms with van der Waals surface area (Å²) in [7, 11) is 0. The van der Waals surface area contributed by atoms with E-state index < -0.39 is 6.10 Å². The van der Waals surface area contributed by atoms with E-state index in [2.05, 4.69) is 34.0 Å². The van der Waals surface area contributed by atoms with Crippen LogP contribution in [0.3, 0.4) is 0 Å². The Labute approximate surface area is 107 Å². The lowest BCUT2D eigenvalue weighted by molar-refractivity contribution is 0.177. The molecule has 0 aliphatic heterocycles. The number of hydrogen-bond acceptors (Lipinski definition) is 2. The van der Waals surface area contributed by atoms with E-state index in [9.17, 15) is 5.11 Å². The molecule has 2 aromatic rings. The summed E-state index contributed by atoms with van der Waals surface area (Å²) in [4.78, 5) is 0. The predicted octanol–water partition coefficient (Wildman–Crippen LogP) is 3.63. The van der Waals surface area contributed by atoms with Gasteiger partial charge < -0.3 is 5.11 Å². The van der Waals surface area contributed by atoms with E-state index in [-0.39, 0.29) is 0 Å². The number of thiophene rings is 1. The summed E-state index contributed by atoms with van der Waals surface area (Å²) >= 11 is 3.93.